The van der Waals surface area contributed by atoms with Crippen molar-refractivity contribution in [3.8, 4) is 33.8 Å². The molecule has 0 bridgehead atoms. The maximum absolute atomic E-state index is 6.60. The fourth-order valence-electron chi connectivity index (χ4n) is 8.62. The largest absolute Gasteiger partial charge is 0.494 e. The predicted octanol–water partition coefficient (Wildman–Crippen LogP) is 11.8. The van der Waals surface area contributed by atoms with Crippen LogP contribution in [0.5, 0.6) is 11.5 Å². The Hall–Kier alpha value is -3.54. The van der Waals surface area contributed by atoms with Crippen LogP contribution >= 0.6 is 0 Å². The highest BCUT2D eigenvalue weighted by atomic mass is 16.7. The van der Waals surface area contributed by atoms with Crippen molar-refractivity contribution in [2.45, 2.75) is 135 Å². The SMILES string of the molecule is CCCCCCCCOc1ccc2c(c1)-c1cc(OCCCCCCCC)ccc1C21c2ccccc2-c2ccc(B3OC(C)(C)C(C)(C)O3)cc21. The van der Waals surface area contributed by atoms with Crippen molar-refractivity contribution in [1.82, 2.24) is 0 Å². The van der Waals surface area contributed by atoms with E-state index >= 15 is 0 Å². The fraction of sp³-hybridized carbons (Fsp3) is 0.489. The van der Waals surface area contributed by atoms with E-state index in [-0.39, 0.29) is 0 Å². The third-order valence-electron chi connectivity index (χ3n) is 12.2. The van der Waals surface area contributed by atoms with Crippen molar-refractivity contribution in [3.63, 3.8) is 0 Å². The van der Waals surface area contributed by atoms with Crippen molar-refractivity contribution in [1.29, 1.82) is 0 Å². The molecule has 1 heterocycles. The zero-order chi connectivity index (χ0) is 36.3. The van der Waals surface area contributed by atoms with Crippen LogP contribution in [0.2, 0.25) is 0 Å². The second-order valence-electron chi connectivity index (χ2n) is 16.3. The Bertz CT molecular complexity index is 1770. The summed E-state index contributed by atoms with van der Waals surface area (Å²) in [5.74, 6) is 1.87. The molecule has 0 saturated carbocycles. The zero-order valence-corrected chi connectivity index (χ0v) is 32.6. The lowest BCUT2D eigenvalue weighted by Crippen LogP contribution is -2.41. The van der Waals surface area contributed by atoms with Crippen LogP contribution in [-0.4, -0.2) is 31.5 Å². The van der Waals surface area contributed by atoms with Gasteiger partial charge >= 0.3 is 7.12 Å². The number of unbranched alkanes of at least 4 members (excludes halogenated alkanes) is 10. The van der Waals surface area contributed by atoms with Gasteiger partial charge in [-0.25, -0.2) is 0 Å². The van der Waals surface area contributed by atoms with E-state index < -0.39 is 23.7 Å². The molecular weight excluding hydrogens is 639 g/mol. The van der Waals surface area contributed by atoms with Gasteiger partial charge < -0.3 is 18.8 Å². The molecule has 3 aliphatic rings. The molecule has 1 spiro atoms. The molecule has 52 heavy (non-hydrogen) atoms. The molecule has 4 aromatic rings. The van der Waals surface area contributed by atoms with E-state index in [0.717, 1.165) is 43.0 Å². The molecule has 0 atom stereocenters. The van der Waals surface area contributed by atoms with Gasteiger partial charge in [0.2, 0.25) is 0 Å². The standard InChI is InChI=1S/C47H59BO4/c1-7-9-11-13-15-19-29-49-35-24-27-42-39(32-35)40-33-36(50-30-20-16-14-12-10-8-2)25-28-43(40)47(42)41-22-18-17-21-37(41)38-26-23-34(31-44(38)47)48-51-45(3,4)46(5,6)52-48/h17-18,21-28,31-33H,7-16,19-20,29-30H2,1-6H3. The minimum atomic E-state index is -0.480. The summed E-state index contributed by atoms with van der Waals surface area (Å²) < 4.78 is 26.1. The van der Waals surface area contributed by atoms with Crippen LogP contribution in [-0.2, 0) is 14.7 Å². The quantitative estimate of drug-likeness (QED) is 0.0702. The van der Waals surface area contributed by atoms with Gasteiger partial charge in [-0.2, -0.15) is 0 Å². The number of benzene rings is 4. The molecule has 1 aliphatic heterocycles. The van der Waals surface area contributed by atoms with Gasteiger partial charge in [-0.1, -0.05) is 133 Å². The van der Waals surface area contributed by atoms with Gasteiger partial charge in [0, 0.05) is 0 Å². The summed E-state index contributed by atoms with van der Waals surface area (Å²) in [4.78, 5) is 0. The first-order chi connectivity index (χ1) is 25.2. The van der Waals surface area contributed by atoms with Gasteiger partial charge in [0.05, 0.1) is 29.8 Å². The minimum Gasteiger partial charge on any atom is -0.494 e. The molecule has 0 aromatic heterocycles. The van der Waals surface area contributed by atoms with Crippen molar-refractivity contribution in [2.24, 2.45) is 0 Å². The monoisotopic (exact) mass is 698 g/mol. The molecule has 0 unspecified atom stereocenters. The molecule has 274 valence electrons. The lowest BCUT2D eigenvalue weighted by Gasteiger charge is -2.32. The average molecular weight is 699 g/mol. The van der Waals surface area contributed by atoms with E-state index in [1.165, 1.54) is 109 Å². The molecule has 4 nitrogen and oxygen atoms in total. The van der Waals surface area contributed by atoms with Gasteiger partial charge in [0.1, 0.15) is 11.5 Å². The topological polar surface area (TPSA) is 36.9 Å². The molecule has 2 aliphatic carbocycles. The molecular formula is C47H59BO4. The maximum atomic E-state index is 6.60. The molecule has 0 radical (unpaired) electrons. The van der Waals surface area contributed by atoms with Gasteiger partial charge in [0.25, 0.3) is 0 Å². The van der Waals surface area contributed by atoms with Crippen LogP contribution in [0.3, 0.4) is 0 Å². The highest BCUT2D eigenvalue weighted by molar-refractivity contribution is 6.62. The number of ether oxygens (including phenoxy) is 2. The van der Waals surface area contributed by atoms with Crippen LogP contribution in [0.4, 0.5) is 0 Å². The summed E-state index contributed by atoms with van der Waals surface area (Å²) in [6.45, 7) is 14.5. The van der Waals surface area contributed by atoms with Crippen molar-refractivity contribution in [3.05, 3.63) is 101 Å². The second-order valence-corrected chi connectivity index (χ2v) is 16.3. The molecule has 1 saturated heterocycles. The Labute approximate surface area is 313 Å². The van der Waals surface area contributed by atoms with Crippen LogP contribution in [0, 0.1) is 0 Å². The van der Waals surface area contributed by atoms with E-state index in [1.54, 1.807) is 0 Å². The predicted molar refractivity (Wildman–Crippen MR) is 216 cm³/mol. The normalized spacial score (nSPS) is 16.8. The Morgan fingerprint density at radius 2 is 0.962 bits per heavy atom. The van der Waals surface area contributed by atoms with Crippen molar-refractivity contribution in [2.75, 3.05) is 13.2 Å². The highest BCUT2D eigenvalue weighted by Gasteiger charge is 2.54. The van der Waals surface area contributed by atoms with Crippen LogP contribution in [0.15, 0.2) is 78.9 Å². The Kier molecular flexibility index (Phi) is 10.9. The summed E-state index contributed by atoms with van der Waals surface area (Å²) in [6.07, 6.45) is 15.0. The average Bonchev–Trinajstić information content (AvgIpc) is 3.68. The van der Waals surface area contributed by atoms with Crippen molar-refractivity contribution < 1.29 is 18.8 Å². The van der Waals surface area contributed by atoms with E-state index in [2.05, 4.69) is 120 Å². The van der Waals surface area contributed by atoms with E-state index in [1.807, 2.05) is 0 Å². The van der Waals surface area contributed by atoms with E-state index in [9.17, 15) is 0 Å². The number of rotatable bonds is 17. The van der Waals surface area contributed by atoms with Gasteiger partial charge in [-0.05, 0) is 115 Å². The molecule has 0 N–H and O–H groups in total. The molecule has 4 aromatic carbocycles. The Morgan fingerprint density at radius 1 is 0.481 bits per heavy atom. The maximum Gasteiger partial charge on any atom is 0.494 e. The summed E-state index contributed by atoms with van der Waals surface area (Å²) in [5, 5.41) is 0. The third-order valence-corrected chi connectivity index (χ3v) is 12.2. The number of hydrogen-bond donors (Lipinski definition) is 0. The van der Waals surface area contributed by atoms with E-state index in [0.29, 0.717) is 0 Å². The van der Waals surface area contributed by atoms with Gasteiger partial charge in [0.15, 0.2) is 0 Å². The first-order valence-corrected chi connectivity index (χ1v) is 20.4. The summed E-state index contributed by atoms with van der Waals surface area (Å²) >= 11 is 0. The number of fused-ring (bicyclic) bond motifs is 10. The molecule has 7 rings (SSSR count). The number of hydrogen-bond acceptors (Lipinski definition) is 4. The first kappa shape index (κ1) is 36.8. The van der Waals surface area contributed by atoms with Crippen LogP contribution in [0.25, 0.3) is 22.3 Å². The molecule has 5 heteroatoms. The van der Waals surface area contributed by atoms with E-state index in [4.69, 9.17) is 18.8 Å². The lowest BCUT2D eigenvalue weighted by atomic mass is 9.68. The fourth-order valence-corrected chi connectivity index (χ4v) is 8.62. The highest BCUT2D eigenvalue weighted by Crippen LogP contribution is 2.63. The Balaban J connectivity index is 1.27. The lowest BCUT2D eigenvalue weighted by molar-refractivity contribution is 0.00578. The van der Waals surface area contributed by atoms with Crippen molar-refractivity contribution >= 4 is 12.6 Å². The van der Waals surface area contributed by atoms with Gasteiger partial charge in [-0.15, -0.1) is 0 Å². The van der Waals surface area contributed by atoms with Gasteiger partial charge in [-0.3, -0.25) is 0 Å². The van der Waals surface area contributed by atoms with Crippen LogP contribution < -0.4 is 14.9 Å². The third kappa shape index (κ3) is 6.73. The summed E-state index contributed by atoms with van der Waals surface area (Å²) in [5.41, 5.74) is 9.92. The molecule has 1 fully saturated rings. The van der Waals surface area contributed by atoms with Crippen LogP contribution in [0.1, 0.15) is 141 Å². The Morgan fingerprint density at radius 3 is 1.52 bits per heavy atom. The smallest absolute Gasteiger partial charge is 0.494 e. The molecule has 0 amide bonds. The summed E-state index contributed by atoms with van der Waals surface area (Å²) in [7, 11) is -0.438. The minimum absolute atomic E-state index is 0.415. The summed E-state index contributed by atoms with van der Waals surface area (Å²) in [6, 6.07) is 29.4. The zero-order valence-electron chi connectivity index (χ0n) is 32.6. The second kappa shape index (κ2) is 15.4. The first-order valence-electron chi connectivity index (χ1n) is 20.4.